The molecule has 5 heteroatoms. The molecule has 1 unspecified atom stereocenters. The summed E-state index contributed by atoms with van der Waals surface area (Å²) in [5.41, 5.74) is 4.04. The number of hydrogen-bond donors (Lipinski definition) is 1. The van der Waals surface area contributed by atoms with Crippen molar-refractivity contribution in [3.63, 3.8) is 0 Å². The lowest BCUT2D eigenvalue weighted by molar-refractivity contribution is -0.121. The number of benzene rings is 2. The van der Waals surface area contributed by atoms with Crippen LogP contribution in [0, 0.1) is 13.8 Å². The van der Waals surface area contributed by atoms with E-state index in [-0.39, 0.29) is 17.9 Å². The van der Waals surface area contributed by atoms with E-state index in [0.29, 0.717) is 6.54 Å². The van der Waals surface area contributed by atoms with Crippen LogP contribution in [0.1, 0.15) is 39.4 Å². The first-order chi connectivity index (χ1) is 14.6. The SMILES string of the molecule is Cc1cc(C)n(C(CNC(=O)C(c2ccccc2)c2ccccc2)c2cccs2)n1. The van der Waals surface area contributed by atoms with E-state index in [0.717, 1.165) is 22.5 Å². The predicted molar refractivity (Wildman–Crippen MR) is 122 cm³/mol. The molecule has 0 aliphatic heterocycles. The standard InChI is InChI=1S/C25H25N3OS/c1-18-16-19(2)28(27-18)22(23-14-9-15-30-23)17-26-25(29)24(20-10-5-3-6-11-20)21-12-7-4-8-13-21/h3-16,22,24H,17H2,1-2H3,(H,26,29). The quantitative estimate of drug-likeness (QED) is 0.456. The highest BCUT2D eigenvalue weighted by Crippen LogP contribution is 2.27. The second-order valence-corrected chi connectivity index (χ2v) is 8.38. The van der Waals surface area contributed by atoms with Crippen molar-refractivity contribution in [2.75, 3.05) is 6.54 Å². The Labute approximate surface area is 181 Å². The summed E-state index contributed by atoms with van der Waals surface area (Å²) in [6, 6.07) is 26.1. The minimum absolute atomic E-state index is 0.00418. The van der Waals surface area contributed by atoms with E-state index in [9.17, 15) is 4.79 Å². The van der Waals surface area contributed by atoms with Gasteiger partial charge in [-0.25, -0.2) is 0 Å². The zero-order valence-corrected chi connectivity index (χ0v) is 18.0. The van der Waals surface area contributed by atoms with Crippen molar-refractivity contribution < 1.29 is 4.79 Å². The third-order valence-corrected chi connectivity index (χ3v) is 6.18. The van der Waals surface area contributed by atoms with Crippen LogP contribution >= 0.6 is 11.3 Å². The van der Waals surface area contributed by atoms with Crippen molar-refractivity contribution in [1.82, 2.24) is 15.1 Å². The Hall–Kier alpha value is -3.18. The Morgan fingerprint density at radius 3 is 2.10 bits per heavy atom. The summed E-state index contributed by atoms with van der Waals surface area (Å²) >= 11 is 1.68. The van der Waals surface area contributed by atoms with E-state index < -0.39 is 0 Å². The van der Waals surface area contributed by atoms with Gasteiger partial charge < -0.3 is 5.32 Å². The Morgan fingerprint density at radius 1 is 0.967 bits per heavy atom. The summed E-state index contributed by atoms with van der Waals surface area (Å²) in [4.78, 5) is 14.6. The number of aryl methyl sites for hydroxylation is 2. The van der Waals surface area contributed by atoms with Crippen LogP contribution in [0.4, 0.5) is 0 Å². The van der Waals surface area contributed by atoms with Gasteiger partial charge in [-0.3, -0.25) is 9.48 Å². The number of hydrogen-bond acceptors (Lipinski definition) is 3. The number of thiophene rings is 1. The van der Waals surface area contributed by atoms with Crippen LogP contribution in [0.2, 0.25) is 0 Å². The van der Waals surface area contributed by atoms with Crippen LogP contribution in [-0.4, -0.2) is 22.2 Å². The summed E-state index contributed by atoms with van der Waals surface area (Å²) in [6.07, 6.45) is 0. The fourth-order valence-corrected chi connectivity index (χ4v) is 4.65. The Bertz CT molecular complexity index is 1050. The molecule has 0 saturated heterocycles. The summed E-state index contributed by atoms with van der Waals surface area (Å²) in [7, 11) is 0. The molecular formula is C25H25N3OS. The molecule has 4 rings (SSSR count). The summed E-state index contributed by atoms with van der Waals surface area (Å²) < 4.78 is 2.02. The van der Waals surface area contributed by atoms with Gasteiger partial charge in [-0.1, -0.05) is 66.7 Å². The van der Waals surface area contributed by atoms with E-state index in [1.165, 1.54) is 4.88 Å². The number of aromatic nitrogens is 2. The van der Waals surface area contributed by atoms with Crippen LogP contribution in [-0.2, 0) is 4.79 Å². The molecule has 0 fully saturated rings. The van der Waals surface area contributed by atoms with Gasteiger partial charge in [0, 0.05) is 17.1 Å². The number of amides is 1. The van der Waals surface area contributed by atoms with Crippen molar-refractivity contribution in [3.8, 4) is 0 Å². The summed E-state index contributed by atoms with van der Waals surface area (Å²) in [5, 5.41) is 9.95. The lowest BCUT2D eigenvalue weighted by Gasteiger charge is -2.22. The van der Waals surface area contributed by atoms with Crippen LogP contribution < -0.4 is 5.32 Å². The molecule has 0 radical (unpaired) electrons. The first-order valence-electron chi connectivity index (χ1n) is 10.1. The van der Waals surface area contributed by atoms with Gasteiger partial charge in [-0.2, -0.15) is 5.10 Å². The molecular weight excluding hydrogens is 390 g/mol. The monoisotopic (exact) mass is 415 g/mol. The van der Waals surface area contributed by atoms with Crippen molar-refractivity contribution >= 4 is 17.2 Å². The van der Waals surface area contributed by atoms with E-state index >= 15 is 0 Å². The van der Waals surface area contributed by atoms with Crippen LogP contribution in [0.3, 0.4) is 0 Å². The van der Waals surface area contributed by atoms with Crippen LogP contribution in [0.25, 0.3) is 0 Å². The fourth-order valence-electron chi connectivity index (χ4n) is 3.84. The fraction of sp³-hybridized carbons (Fsp3) is 0.200. The molecule has 0 spiro atoms. The average molecular weight is 416 g/mol. The number of carbonyl (C=O) groups is 1. The third kappa shape index (κ3) is 4.36. The topological polar surface area (TPSA) is 46.9 Å². The maximum Gasteiger partial charge on any atom is 0.232 e. The maximum absolute atomic E-state index is 13.4. The van der Waals surface area contributed by atoms with Crippen molar-refractivity contribution in [3.05, 3.63) is 112 Å². The number of nitrogens with one attached hydrogen (secondary N) is 1. The molecule has 1 N–H and O–H groups in total. The van der Waals surface area contributed by atoms with E-state index in [4.69, 9.17) is 0 Å². The smallest absolute Gasteiger partial charge is 0.232 e. The molecule has 2 aromatic carbocycles. The highest BCUT2D eigenvalue weighted by molar-refractivity contribution is 7.10. The molecule has 1 atom stereocenters. The van der Waals surface area contributed by atoms with Gasteiger partial charge in [0.25, 0.3) is 0 Å². The molecule has 1 amide bonds. The molecule has 0 aliphatic carbocycles. The summed E-state index contributed by atoms with van der Waals surface area (Å²) in [6.45, 7) is 4.53. The molecule has 4 aromatic rings. The van der Waals surface area contributed by atoms with Gasteiger partial charge in [-0.05, 0) is 42.5 Å². The van der Waals surface area contributed by atoms with Crippen molar-refractivity contribution in [2.24, 2.45) is 0 Å². The predicted octanol–water partition coefficient (Wildman–Crippen LogP) is 5.10. The average Bonchev–Trinajstić information content (AvgIpc) is 3.40. The van der Waals surface area contributed by atoms with Gasteiger partial charge in [0.1, 0.15) is 6.04 Å². The minimum atomic E-state index is -0.350. The van der Waals surface area contributed by atoms with Gasteiger partial charge >= 0.3 is 0 Å². The Morgan fingerprint density at radius 2 is 1.60 bits per heavy atom. The van der Waals surface area contributed by atoms with E-state index in [1.807, 2.05) is 78.3 Å². The molecule has 152 valence electrons. The van der Waals surface area contributed by atoms with Crippen molar-refractivity contribution in [1.29, 1.82) is 0 Å². The lowest BCUT2D eigenvalue weighted by atomic mass is 9.90. The number of rotatable bonds is 7. The first kappa shape index (κ1) is 20.1. The molecule has 0 bridgehead atoms. The zero-order chi connectivity index (χ0) is 20.9. The van der Waals surface area contributed by atoms with Gasteiger partial charge in [0.15, 0.2) is 0 Å². The largest absolute Gasteiger partial charge is 0.353 e. The van der Waals surface area contributed by atoms with Gasteiger partial charge in [-0.15, -0.1) is 11.3 Å². The molecule has 4 nitrogen and oxygen atoms in total. The highest BCUT2D eigenvalue weighted by atomic mass is 32.1. The van der Waals surface area contributed by atoms with Gasteiger partial charge in [0.05, 0.1) is 11.6 Å². The van der Waals surface area contributed by atoms with E-state index in [1.54, 1.807) is 11.3 Å². The lowest BCUT2D eigenvalue weighted by Crippen LogP contribution is -2.35. The van der Waals surface area contributed by atoms with Crippen LogP contribution in [0.15, 0.2) is 84.2 Å². The first-order valence-corrected chi connectivity index (χ1v) is 10.9. The second-order valence-electron chi connectivity index (χ2n) is 7.40. The van der Waals surface area contributed by atoms with Crippen molar-refractivity contribution in [2.45, 2.75) is 25.8 Å². The minimum Gasteiger partial charge on any atom is -0.353 e. The molecule has 0 aliphatic rings. The van der Waals surface area contributed by atoms with E-state index in [2.05, 4.69) is 34.9 Å². The normalized spacial score (nSPS) is 12.1. The zero-order valence-electron chi connectivity index (χ0n) is 17.2. The molecule has 2 aromatic heterocycles. The molecule has 0 saturated carbocycles. The van der Waals surface area contributed by atoms with Crippen LogP contribution in [0.5, 0.6) is 0 Å². The maximum atomic E-state index is 13.4. The Balaban J connectivity index is 1.61. The third-order valence-electron chi connectivity index (χ3n) is 5.21. The second kappa shape index (κ2) is 9.09. The molecule has 2 heterocycles. The number of carbonyl (C=O) groups excluding carboxylic acids is 1. The Kier molecular flexibility index (Phi) is 6.10. The molecule has 30 heavy (non-hydrogen) atoms. The number of nitrogens with zero attached hydrogens (tertiary/aromatic N) is 2. The highest BCUT2D eigenvalue weighted by Gasteiger charge is 2.25. The van der Waals surface area contributed by atoms with Gasteiger partial charge in [0.2, 0.25) is 5.91 Å². The summed E-state index contributed by atoms with van der Waals surface area (Å²) in [5.74, 6) is -0.354.